The monoisotopic (exact) mass is 244 g/mol. The summed E-state index contributed by atoms with van der Waals surface area (Å²) in [7, 11) is 0. The Morgan fingerprint density at radius 1 is 1.33 bits per heavy atom. The Hall–Kier alpha value is -1.68. The van der Waals surface area contributed by atoms with Crippen molar-refractivity contribution in [1.29, 1.82) is 0 Å². The van der Waals surface area contributed by atoms with Crippen LogP contribution >= 0.6 is 0 Å². The minimum atomic E-state index is 0.588. The van der Waals surface area contributed by atoms with E-state index in [2.05, 4.69) is 28.5 Å². The van der Waals surface area contributed by atoms with Gasteiger partial charge in [0.15, 0.2) is 5.82 Å². The Kier molecular flexibility index (Phi) is 4.47. The van der Waals surface area contributed by atoms with Crippen molar-refractivity contribution >= 4 is 16.6 Å². The lowest BCUT2D eigenvalue weighted by atomic mass is 10.1. The quantitative estimate of drug-likeness (QED) is 0.766. The number of rotatable bonds is 6. The van der Waals surface area contributed by atoms with Crippen molar-refractivity contribution in [3.63, 3.8) is 0 Å². The summed E-state index contributed by atoms with van der Waals surface area (Å²) in [6, 6.07) is 8.14. The van der Waals surface area contributed by atoms with Crippen LogP contribution in [0.3, 0.4) is 0 Å². The van der Waals surface area contributed by atoms with Gasteiger partial charge in [-0.3, -0.25) is 0 Å². The van der Waals surface area contributed by atoms with Crippen LogP contribution in [0, 0.1) is 5.92 Å². The normalized spacial score (nSPS) is 12.6. The number of hydrogen-bond donors (Lipinski definition) is 2. The molecule has 1 aromatic heterocycles. The van der Waals surface area contributed by atoms with E-state index in [1.54, 1.807) is 6.20 Å². The van der Waals surface area contributed by atoms with Crippen LogP contribution in [0.15, 0.2) is 30.5 Å². The molecule has 1 heterocycles. The van der Waals surface area contributed by atoms with Crippen LogP contribution in [0.5, 0.6) is 0 Å². The highest BCUT2D eigenvalue weighted by molar-refractivity contribution is 5.90. The fraction of sp³-hybridized carbons (Fsp3) is 0.429. The maximum absolute atomic E-state index is 5.60. The summed E-state index contributed by atoms with van der Waals surface area (Å²) in [6.07, 6.45) is 4.03. The van der Waals surface area contributed by atoms with Crippen molar-refractivity contribution in [2.75, 3.05) is 18.4 Å². The van der Waals surface area contributed by atoms with Gasteiger partial charge < -0.3 is 11.1 Å². The van der Waals surface area contributed by atoms with Gasteiger partial charge in [-0.25, -0.2) is 0 Å². The third-order valence-corrected chi connectivity index (χ3v) is 3.14. The van der Waals surface area contributed by atoms with Crippen molar-refractivity contribution in [1.82, 2.24) is 10.2 Å². The Morgan fingerprint density at radius 3 is 3.00 bits per heavy atom. The molecule has 1 unspecified atom stereocenters. The van der Waals surface area contributed by atoms with Crippen molar-refractivity contribution in [3.05, 3.63) is 30.5 Å². The molecule has 2 rings (SSSR count). The lowest BCUT2D eigenvalue weighted by Gasteiger charge is -2.10. The minimum absolute atomic E-state index is 0.588. The summed E-state index contributed by atoms with van der Waals surface area (Å²) in [5.41, 5.74) is 5.60. The highest BCUT2D eigenvalue weighted by Gasteiger charge is 2.02. The molecule has 4 nitrogen and oxygen atoms in total. The van der Waals surface area contributed by atoms with Crippen LogP contribution in [0.4, 0.5) is 5.82 Å². The van der Waals surface area contributed by atoms with Gasteiger partial charge in [0.2, 0.25) is 0 Å². The van der Waals surface area contributed by atoms with Crippen LogP contribution in [0.1, 0.15) is 19.8 Å². The Labute approximate surface area is 108 Å². The first-order chi connectivity index (χ1) is 8.81. The highest BCUT2D eigenvalue weighted by Crippen LogP contribution is 2.19. The summed E-state index contributed by atoms with van der Waals surface area (Å²) in [4.78, 5) is 0. The van der Waals surface area contributed by atoms with Crippen molar-refractivity contribution in [2.24, 2.45) is 11.7 Å². The number of nitrogens with two attached hydrogens (primary N) is 1. The second-order valence-electron chi connectivity index (χ2n) is 4.69. The zero-order valence-electron chi connectivity index (χ0n) is 10.8. The zero-order valence-corrected chi connectivity index (χ0v) is 10.8. The van der Waals surface area contributed by atoms with E-state index < -0.39 is 0 Å². The molecule has 4 heteroatoms. The van der Waals surface area contributed by atoms with Crippen LogP contribution in [-0.2, 0) is 0 Å². The second kappa shape index (κ2) is 6.31. The number of hydrogen-bond acceptors (Lipinski definition) is 4. The first-order valence-corrected chi connectivity index (χ1v) is 6.45. The molecule has 2 aromatic rings. The molecule has 0 bridgehead atoms. The molecule has 18 heavy (non-hydrogen) atoms. The molecule has 1 aromatic carbocycles. The van der Waals surface area contributed by atoms with Gasteiger partial charge in [0.05, 0.1) is 6.20 Å². The molecule has 0 fully saturated rings. The van der Waals surface area contributed by atoms with Crippen LogP contribution in [0.2, 0.25) is 0 Å². The van der Waals surface area contributed by atoms with Gasteiger partial charge in [0.25, 0.3) is 0 Å². The summed E-state index contributed by atoms with van der Waals surface area (Å²) in [5.74, 6) is 1.46. The molecule has 1 atom stereocenters. The topological polar surface area (TPSA) is 63.8 Å². The number of nitrogens with zero attached hydrogens (tertiary/aromatic N) is 2. The Bertz CT molecular complexity index is 493. The molecule has 0 aliphatic carbocycles. The van der Waals surface area contributed by atoms with E-state index in [4.69, 9.17) is 5.73 Å². The summed E-state index contributed by atoms with van der Waals surface area (Å²) in [6.45, 7) is 3.85. The predicted octanol–water partition coefficient (Wildman–Crippen LogP) is 2.42. The number of anilines is 1. The number of nitrogens with one attached hydrogen (secondary N) is 1. The molecule has 0 saturated carbocycles. The molecule has 0 aliphatic heterocycles. The smallest absolute Gasteiger partial charge is 0.156 e. The van der Waals surface area contributed by atoms with Gasteiger partial charge in [-0.05, 0) is 25.3 Å². The summed E-state index contributed by atoms with van der Waals surface area (Å²) >= 11 is 0. The largest absolute Gasteiger partial charge is 0.368 e. The van der Waals surface area contributed by atoms with E-state index in [-0.39, 0.29) is 0 Å². The van der Waals surface area contributed by atoms with Crippen molar-refractivity contribution in [2.45, 2.75) is 19.8 Å². The van der Waals surface area contributed by atoms with Gasteiger partial charge in [0.1, 0.15) is 0 Å². The lowest BCUT2D eigenvalue weighted by molar-refractivity contribution is 0.529. The summed E-state index contributed by atoms with van der Waals surface area (Å²) < 4.78 is 0. The number of benzene rings is 1. The highest BCUT2D eigenvalue weighted by atomic mass is 15.2. The molecule has 0 saturated heterocycles. The van der Waals surface area contributed by atoms with E-state index in [9.17, 15) is 0 Å². The molecule has 0 aliphatic rings. The van der Waals surface area contributed by atoms with E-state index >= 15 is 0 Å². The first-order valence-electron chi connectivity index (χ1n) is 6.45. The first kappa shape index (κ1) is 12.8. The van der Waals surface area contributed by atoms with Crippen LogP contribution < -0.4 is 11.1 Å². The van der Waals surface area contributed by atoms with Crippen molar-refractivity contribution < 1.29 is 0 Å². The minimum Gasteiger partial charge on any atom is -0.368 e. The maximum Gasteiger partial charge on any atom is 0.156 e. The fourth-order valence-corrected chi connectivity index (χ4v) is 1.93. The van der Waals surface area contributed by atoms with Gasteiger partial charge in [-0.15, -0.1) is 5.10 Å². The molecule has 3 N–H and O–H groups in total. The average molecular weight is 244 g/mol. The molecule has 0 spiro atoms. The van der Waals surface area contributed by atoms with Crippen LogP contribution in [0.25, 0.3) is 10.8 Å². The fourth-order valence-electron chi connectivity index (χ4n) is 1.93. The summed E-state index contributed by atoms with van der Waals surface area (Å²) in [5, 5.41) is 13.8. The van der Waals surface area contributed by atoms with Gasteiger partial charge in [0, 0.05) is 17.3 Å². The van der Waals surface area contributed by atoms with E-state index in [1.807, 2.05) is 18.2 Å². The molecule has 96 valence electrons. The van der Waals surface area contributed by atoms with Gasteiger partial charge in [-0.2, -0.15) is 5.10 Å². The lowest BCUT2D eigenvalue weighted by Crippen LogP contribution is -2.12. The van der Waals surface area contributed by atoms with E-state index in [1.165, 1.54) is 0 Å². The second-order valence-corrected chi connectivity index (χ2v) is 4.69. The molecule has 0 amide bonds. The Balaban J connectivity index is 1.95. The third kappa shape index (κ3) is 3.17. The zero-order chi connectivity index (χ0) is 12.8. The third-order valence-electron chi connectivity index (χ3n) is 3.14. The van der Waals surface area contributed by atoms with Crippen molar-refractivity contribution in [3.8, 4) is 0 Å². The van der Waals surface area contributed by atoms with Gasteiger partial charge in [-0.1, -0.05) is 31.2 Å². The predicted molar refractivity (Wildman–Crippen MR) is 75.5 cm³/mol. The molecular weight excluding hydrogens is 224 g/mol. The standard InChI is InChI=1S/C14H20N4/c1-11(9-15)5-4-8-16-14-13-7-3-2-6-12(13)10-17-18-14/h2-3,6-7,10-11H,4-5,8-9,15H2,1H3,(H,16,18). The molecule has 0 radical (unpaired) electrons. The number of aromatic nitrogens is 2. The SMILES string of the molecule is CC(CN)CCCNc1nncc2ccccc12. The van der Waals surface area contributed by atoms with E-state index in [0.29, 0.717) is 5.92 Å². The Morgan fingerprint density at radius 2 is 2.17 bits per heavy atom. The van der Waals surface area contributed by atoms with Gasteiger partial charge >= 0.3 is 0 Å². The maximum atomic E-state index is 5.60. The molecular formula is C14H20N4. The number of fused-ring (bicyclic) bond motifs is 1. The average Bonchev–Trinajstić information content (AvgIpc) is 2.43. The van der Waals surface area contributed by atoms with E-state index in [0.717, 1.165) is 42.5 Å². The van der Waals surface area contributed by atoms with Crippen LogP contribution in [-0.4, -0.2) is 23.3 Å².